The number of rotatable bonds is 5. The van der Waals surface area contributed by atoms with Crippen molar-refractivity contribution in [1.82, 2.24) is 4.90 Å². The zero-order valence-corrected chi connectivity index (χ0v) is 11.9. The monoisotopic (exact) mass is 254 g/mol. The Hall–Kier alpha value is -0.870. The van der Waals surface area contributed by atoms with Crippen LogP contribution in [0.25, 0.3) is 0 Å². The van der Waals surface area contributed by atoms with Crippen molar-refractivity contribution in [1.29, 1.82) is 0 Å². The third kappa shape index (κ3) is 3.54. The number of thiophene rings is 1. The fourth-order valence-corrected chi connectivity index (χ4v) is 2.73. The predicted molar refractivity (Wildman–Crippen MR) is 73.1 cm³/mol. The second-order valence-electron chi connectivity index (χ2n) is 4.47. The van der Waals surface area contributed by atoms with Gasteiger partial charge in [-0.2, -0.15) is 0 Å². The first kappa shape index (κ1) is 14.2. The van der Waals surface area contributed by atoms with E-state index in [0.717, 1.165) is 12.8 Å². The van der Waals surface area contributed by atoms with Gasteiger partial charge in [-0.15, -0.1) is 11.3 Å². The van der Waals surface area contributed by atoms with E-state index in [4.69, 9.17) is 5.73 Å². The third-order valence-corrected chi connectivity index (χ3v) is 4.19. The highest BCUT2D eigenvalue weighted by Crippen LogP contribution is 2.26. The number of hydrogen-bond acceptors (Lipinski definition) is 3. The molecule has 0 aliphatic heterocycles. The average Bonchev–Trinajstić information content (AvgIpc) is 2.73. The lowest BCUT2D eigenvalue weighted by molar-refractivity contribution is -0.133. The summed E-state index contributed by atoms with van der Waals surface area (Å²) < 4.78 is 0. The molecule has 0 saturated heterocycles. The van der Waals surface area contributed by atoms with Crippen molar-refractivity contribution in [3.05, 3.63) is 21.9 Å². The number of aryl methyl sites for hydroxylation is 1. The van der Waals surface area contributed by atoms with Crippen LogP contribution < -0.4 is 5.73 Å². The Kier molecular flexibility index (Phi) is 5.15. The molecule has 1 amide bonds. The second kappa shape index (κ2) is 6.17. The summed E-state index contributed by atoms with van der Waals surface area (Å²) >= 11 is 1.73. The van der Waals surface area contributed by atoms with Gasteiger partial charge in [0.2, 0.25) is 5.91 Å². The highest BCUT2D eigenvalue weighted by molar-refractivity contribution is 7.12. The van der Waals surface area contributed by atoms with Crippen molar-refractivity contribution in [3.8, 4) is 0 Å². The first-order valence-corrected chi connectivity index (χ1v) is 6.87. The summed E-state index contributed by atoms with van der Waals surface area (Å²) in [5, 5.41) is 0. The molecule has 0 bridgehead atoms. The Balaban J connectivity index is 2.69. The average molecular weight is 254 g/mol. The minimum absolute atomic E-state index is 0.0328. The second-order valence-corrected chi connectivity index (χ2v) is 5.79. The van der Waals surface area contributed by atoms with E-state index < -0.39 is 0 Å². The van der Waals surface area contributed by atoms with Crippen molar-refractivity contribution < 1.29 is 4.79 Å². The van der Waals surface area contributed by atoms with E-state index in [1.54, 1.807) is 16.2 Å². The molecule has 0 saturated carbocycles. The van der Waals surface area contributed by atoms with Crippen LogP contribution in [0, 0.1) is 6.92 Å². The molecular weight excluding hydrogens is 232 g/mol. The Bertz CT molecular complexity index is 375. The number of amides is 1. The lowest BCUT2D eigenvalue weighted by Crippen LogP contribution is -2.42. The van der Waals surface area contributed by atoms with Crippen LogP contribution in [0.3, 0.4) is 0 Å². The van der Waals surface area contributed by atoms with E-state index in [0.29, 0.717) is 0 Å². The summed E-state index contributed by atoms with van der Waals surface area (Å²) in [4.78, 5) is 16.3. The first-order valence-electron chi connectivity index (χ1n) is 6.06. The van der Waals surface area contributed by atoms with E-state index in [1.807, 2.05) is 20.9 Å². The summed E-state index contributed by atoms with van der Waals surface area (Å²) in [6, 6.07) is 3.90. The van der Waals surface area contributed by atoms with Gasteiger partial charge in [0.05, 0.1) is 12.1 Å². The van der Waals surface area contributed by atoms with E-state index in [9.17, 15) is 4.79 Å². The molecular formula is C13H22N2OS. The molecule has 1 rings (SSSR count). The zero-order valence-electron chi connectivity index (χ0n) is 11.1. The minimum Gasteiger partial charge on any atom is -0.337 e. The van der Waals surface area contributed by atoms with E-state index >= 15 is 0 Å². The van der Waals surface area contributed by atoms with Crippen molar-refractivity contribution in [2.45, 2.75) is 45.7 Å². The Morgan fingerprint density at radius 3 is 2.65 bits per heavy atom. The van der Waals surface area contributed by atoms with Gasteiger partial charge in [0.15, 0.2) is 0 Å². The molecule has 2 N–H and O–H groups in total. The predicted octanol–water partition coefficient (Wildman–Crippen LogP) is 2.70. The highest BCUT2D eigenvalue weighted by Gasteiger charge is 2.22. The largest absolute Gasteiger partial charge is 0.337 e. The summed E-state index contributed by atoms with van der Waals surface area (Å²) in [6.07, 6.45) is 1.69. The fraction of sp³-hybridized carbons (Fsp3) is 0.615. The van der Waals surface area contributed by atoms with Gasteiger partial charge in [0.25, 0.3) is 0 Å². The molecule has 0 aliphatic carbocycles. The maximum absolute atomic E-state index is 12.1. The maximum Gasteiger partial charge on any atom is 0.239 e. The molecule has 0 fully saturated rings. The van der Waals surface area contributed by atoms with Gasteiger partial charge in [0.1, 0.15) is 0 Å². The van der Waals surface area contributed by atoms with Gasteiger partial charge in [-0.3, -0.25) is 4.79 Å². The Labute approximate surface area is 108 Å². The van der Waals surface area contributed by atoms with Crippen molar-refractivity contribution in [3.63, 3.8) is 0 Å². The number of likely N-dealkylation sites (N-methyl/N-ethyl adjacent to an activating group) is 1. The molecule has 0 aromatic carbocycles. The number of carbonyl (C=O) groups is 1. The molecule has 4 heteroatoms. The van der Waals surface area contributed by atoms with E-state index in [1.165, 1.54) is 9.75 Å². The van der Waals surface area contributed by atoms with Crippen LogP contribution in [0.5, 0.6) is 0 Å². The van der Waals surface area contributed by atoms with Crippen LogP contribution in [-0.2, 0) is 4.79 Å². The summed E-state index contributed by atoms with van der Waals surface area (Å²) in [5.41, 5.74) is 5.86. The van der Waals surface area contributed by atoms with Gasteiger partial charge in [-0.05, 0) is 32.4 Å². The minimum atomic E-state index is -0.367. The number of carbonyl (C=O) groups excluding carboxylic acids is 1. The molecule has 0 radical (unpaired) electrons. The number of nitrogens with zero attached hydrogens (tertiary/aromatic N) is 1. The number of hydrogen-bond donors (Lipinski definition) is 1. The normalized spacial score (nSPS) is 14.4. The molecule has 0 aliphatic rings. The van der Waals surface area contributed by atoms with E-state index in [-0.39, 0.29) is 18.0 Å². The smallest absolute Gasteiger partial charge is 0.239 e. The molecule has 3 nitrogen and oxygen atoms in total. The van der Waals surface area contributed by atoms with Gasteiger partial charge in [0, 0.05) is 16.8 Å². The van der Waals surface area contributed by atoms with Crippen molar-refractivity contribution in [2.24, 2.45) is 5.73 Å². The van der Waals surface area contributed by atoms with Crippen molar-refractivity contribution >= 4 is 17.2 Å². The summed E-state index contributed by atoms with van der Waals surface area (Å²) in [6.45, 7) is 6.16. The lowest BCUT2D eigenvalue weighted by Gasteiger charge is -2.26. The highest BCUT2D eigenvalue weighted by atomic mass is 32.1. The fourth-order valence-electron chi connectivity index (χ4n) is 1.76. The molecule has 0 spiro atoms. The molecule has 1 aromatic heterocycles. The SMILES string of the molecule is CCC[C@@H](N)C(=O)N(C)C(C)c1ccc(C)s1. The Morgan fingerprint density at radius 1 is 1.53 bits per heavy atom. The molecule has 96 valence electrons. The summed E-state index contributed by atoms with van der Waals surface area (Å²) in [5.74, 6) is 0.0328. The van der Waals surface area contributed by atoms with Gasteiger partial charge in [-0.25, -0.2) is 0 Å². The lowest BCUT2D eigenvalue weighted by atomic mass is 10.1. The molecule has 1 aromatic rings. The van der Waals surface area contributed by atoms with Gasteiger partial charge < -0.3 is 10.6 Å². The molecule has 1 unspecified atom stereocenters. The quantitative estimate of drug-likeness (QED) is 0.878. The van der Waals surface area contributed by atoms with Crippen LogP contribution >= 0.6 is 11.3 Å². The van der Waals surface area contributed by atoms with Crippen molar-refractivity contribution in [2.75, 3.05) is 7.05 Å². The zero-order chi connectivity index (χ0) is 13.0. The Morgan fingerprint density at radius 2 is 2.18 bits per heavy atom. The van der Waals surface area contributed by atoms with Crippen LogP contribution in [0.15, 0.2) is 12.1 Å². The van der Waals surface area contributed by atoms with Gasteiger partial charge >= 0.3 is 0 Å². The van der Waals surface area contributed by atoms with Crippen LogP contribution in [0.2, 0.25) is 0 Å². The standard InChI is InChI=1S/C13H22N2OS/c1-5-6-11(14)13(16)15(4)10(3)12-8-7-9(2)17-12/h7-8,10-11H,5-6,14H2,1-4H3/t10?,11-/m1/s1. The van der Waals surface area contributed by atoms with Crippen LogP contribution in [0.4, 0.5) is 0 Å². The maximum atomic E-state index is 12.1. The number of nitrogens with two attached hydrogens (primary N) is 1. The van der Waals surface area contributed by atoms with Crippen LogP contribution in [-0.4, -0.2) is 23.9 Å². The van der Waals surface area contributed by atoms with Crippen LogP contribution in [0.1, 0.15) is 42.5 Å². The molecule has 17 heavy (non-hydrogen) atoms. The molecule has 2 atom stereocenters. The third-order valence-electron chi connectivity index (χ3n) is 3.02. The van der Waals surface area contributed by atoms with Gasteiger partial charge in [-0.1, -0.05) is 13.3 Å². The topological polar surface area (TPSA) is 46.3 Å². The molecule has 1 heterocycles. The van der Waals surface area contributed by atoms with E-state index in [2.05, 4.69) is 19.1 Å². The summed E-state index contributed by atoms with van der Waals surface area (Å²) in [7, 11) is 1.83. The first-order chi connectivity index (χ1) is 7.97.